The molecule has 0 bridgehead atoms. The first-order valence-electron chi connectivity index (χ1n) is 7.21. The number of hydrogen-bond acceptors (Lipinski definition) is 8. The second-order valence-electron chi connectivity index (χ2n) is 4.58. The van der Waals surface area contributed by atoms with Gasteiger partial charge in [0.05, 0.1) is 0 Å². The standard InChI is InChI=1S/C18H12N2O6/c21-11-5-15(13-1-7-19-8-2-13)25-17(23)18(24)26-16(6-12-22)14-3-9-20-10-4-14/h1-12H. The Morgan fingerprint density at radius 2 is 1.04 bits per heavy atom. The number of carbonyl (C=O) groups excluding carboxylic acids is 4. The van der Waals surface area contributed by atoms with Crippen molar-refractivity contribution in [2.75, 3.05) is 0 Å². The van der Waals surface area contributed by atoms with Crippen LogP contribution in [0.3, 0.4) is 0 Å². The molecule has 26 heavy (non-hydrogen) atoms. The number of ether oxygens (including phenoxy) is 2. The molecular formula is C18H12N2O6. The second kappa shape index (κ2) is 9.38. The lowest BCUT2D eigenvalue weighted by atomic mass is 10.2. The van der Waals surface area contributed by atoms with Gasteiger partial charge >= 0.3 is 11.9 Å². The van der Waals surface area contributed by atoms with Crippen molar-refractivity contribution in [2.24, 2.45) is 0 Å². The van der Waals surface area contributed by atoms with E-state index in [9.17, 15) is 19.2 Å². The van der Waals surface area contributed by atoms with Gasteiger partial charge in [-0.2, -0.15) is 0 Å². The zero-order chi connectivity index (χ0) is 18.8. The molecule has 2 rings (SSSR count). The van der Waals surface area contributed by atoms with E-state index in [1.807, 2.05) is 0 Å². The summed E-state index contributed by atoms with van der Waals surface area (Å²) in [6.07, 6.45) is 8.47. The minimum atomic E-state index is -1.36. The van der Waals surface area contributed by atoms with E-state index < -0.39 is 11.9 Å². The second-order valence-corrected chi connectivity index (χ2v) is 4.58. The number of aldehydes is 2. The van der Waals surface area contributed by atoms with Crippen molar-refractivity contribution in [1.82, 2.24) is 9.97 Å². The van der Waals surface area contributed by atoms with E-state index >= 15 is 0 Å². The number of esters is 2. The minimum Gasteiger partial charge on any atom is -0.417 e. The van der Waals surface area contributed by atoms with Crippen LogP contribution in [-0.4, -0.2) is 34.5 Å². The predicted octanol–water partition coefficient (Wildman–Crippen LogP) is 1.34. The molecule has 0 aromatic carbocycles. The summed E-state index contributed by atoms with van der Waals surface area (Å²) in [5.74, 6) is -3.01. The number of hydrogen-bond donors (Lipinski definition) is 0. The van der Waals surface area contributed by atoms with E-state index in [1.54, 1.807) is 0 Å². The van der Waals surface area contributed by atoms with Gasteiger partial charge in [-0.15, -0.1) is 0 Å². The summed E-state index contributed by atoms with van der Waals surface area (Å²) in [5.41, 5.74) is 0.733. The Kier molecular flexibility index (Phi) is 6.64. The highest BCUT2D eigenvalue weighted by atomic mass is 16.6. The Morgan fingerprint density at radius 1 is 0.692 bits per heavy atom. The van der Waals surface area contributed by atoms with Gasteiger partial charge in [0.25, 0.3) is 0 Å². The molecule has 8 nitrogen and oxygen atoms in total. The molecule has 2 aromatic rings. The van der Waals surface area contributed by atoms with Crippen LogP contribution < -0.4 is 0 Å². The summed E-state index contributed by atoms with van der Waals surface area (Å²) in [6, 6.07) is 5.95. The van der Waals surface area contributed by atoms with Crippen molar-refractivity contribution in [1.29, 1.82) is 0 Å². The van der Waals surface area contributed by atoms with Crippen LogP contribution in [0.2, 0.25) is 0 Å². The third-order valence-electron chi connectivity index (χ3n) is 2.94. The summed E-state index contributed by atoms with van der Waals surface area (Å²) < 4.78 is 9.83. The Morgan fingerprint density at radius 3 is 1.35 bits per heavy atom. The quantitative estimate of drug-likeness (QED) is 0.252. The van der Waals surface area contributed by atoms with E-state index in [1.165, 1.54) is 49.1 Å². The van der Waals surface area contributed by atoms with Gasteiger partial charge in [0.2, 0.25) is 0 Å². The summed E-state index contributed by atoms with van der Waals surface area (Å²) in [5, 5.41) is 0. The molecule has 8 heteroatoms. The topological polar surface area (TPSA) is 113 Å². The van der Waals surface area contributed by atoms with Gasteiger partial charge in [0.15, 0.2) is 0 Å². The van der Waals surface area contributed by atoms with E-state index in [2.05, 4.69) is 9.97 Å². The Balaban J connectivity index is 2.14. The molecule has 0 N–H and O–H groups in total. The zero-order valence-corrected chi connectivity index (χ0v) is 13.3. The molecule has 0 saturated heterocycles. The molecule has 130 valence electrons. The molecular weight excluding hydrogens is 340 g/mol. The first kappa shape index (κ1) is 18.4. The monoisotopic (exact) mass is 352 g/mol. The van der Waals surface area contributed by atoms with Crippen molar-refractivity contribution >= 4 is 36.0 Å². The minimum absolute atomic E-state index is 0.144. The average Bonchev–Trinajstić information content (AvgIpc) is 2.68. The molecule has 0 amide bonds. The van der Waals surface area contributed by atoms with Crippen LogP contribution >= 0.6 is 0 Å². The van der Waals surface area contributed by atoms with Gasteiger partial charge in [0.1, 0.15) is 24.1 Å². The highest BCUT2D eigenvalue weighted by Crippen LogP contribution is 2.17. The maximum atomic E-state index is 12.0. The molecule has 0 saturated carbocycles. The van der Waals surface area contributed by atoms with Gasteiger partial charge in [-0.05, 0) is 24.3 Å². The maximum Gasteiger partial charge on any atom is 0.423 e. The SMILES string of the molecule is O=CC=C(OC(=O)C(=O)OC(=CC=O)c1ccncc1)c1ccncc1. The molecule has 0 spiro atoms. The van der Waals surface area contributed by atoms with Crippen LogP contribution in [0.25, 0.3) is 11.5 Å². The van der Waals surface area contributed by atoms with Crippen molar-refractivity contribution in [3.05, 3.63) is 72.3 Å². The number of carbonyl (C=O) groups is 4. The van der Waals surface area contributed by atoms with Gasteiger partial charge in [-0.25, -0.2) is 9.59 Å². The highest BCUT2D eigenvalue weighted by molar-refractivity contribution is 6.31. The number of allylic oxidation sites excluding steroid dienone is 2. The van der Waals surface area contributed by atoms with Crippen LogP contribution in [0.15, 0.2) is 61.2 Å². The number of pyridine rings is 2. The maximum absolute atomic E-state index is 12.0. The summed E-state index contributed by atoms with van der Waals surface area (Å²) in [6.45, 7) is 0. The number of rotatable bonds is 6. The molecule has 0 aliphatic carbocycles. The Labute approximate surface area is 147 Å². The van der Waals surface area contributed by atoms with E-state index in [-0.39, 0.29) is 11.5 Å². The van der Waals surface area contributed by atoms with Crippen LogP contribution in [0.5, 0.6) is 0 Å². The molecule has 0 fully saturated rings. The summed E-state index contributed by atoms with van der Waals surface area (Å²) >= 11 is 0. The first-order chi connectivity index (χ1) is 12.7. The van der Waals surface area contributed by atoms with Gasteiger partial charge in [-0.3, -0.25) is 19.6 Å². The van der Waals surface area contributed by atoms with Crippen LogP contribution in [0.4, 0.5) is 0 Å². The summed E-state index contributed by atoms with van der Waals surface area (Å²) in [4.78, 5) is 53.0. The highest BCUT2D eigenvalue weighted by Gasteiger charge is 2.22. The average molecular weight is 352 g/mol. The third kappa shape index (κ3) is 5.03. The van der Waals surface area contributed by atoms with Crippen molar-refractivity contribution in [3.63, 3.8) is 0 Å². The van der Waals surface area contributed by atoms with Crippen molar-refractivity contribution < 1.29 is 28.7 Å². The largest absolute Gasteiger partial charge is 0.423 e. The fourth-order valence-corrected chi connectivity index (χ4v) is 1.82. The third-order valence-corrected chi connectivity index (χ3v) is 2.94. The predicted molar refractivity (Wildman–Crippen MR) is 88.7 cm³/mol. The Hall–Kier alpha value is -3.94. The van der Waals surface area contributed by atoms with Crippen molar-refractivity contribution in [3.8, 4) is 0 Å². The molecule has 0 unspecified atom stereocenters. The summed E-state index contributed by atoms with van der Waals surface area (Å²) in [7, 11) is 0. The normalized spacial score (nSPS) is 11.4. The first-order valence-corrected chi connectivity index (χ1v) is 7.21. The van der Waals surface area contributed by atoms with Crippen LogP contribution in [0.1, 0.15) is 11.1 Å². The fourth-order valence-electron chi connectivity index (χ4n) is 1.82. The molecule has 2 heterocycles. The Bertz CT molecular complexity index is 786. The molecule has 0 aliphatic heterocycles. The van der Waals surface area contributed by atoms with Crippen LogP contribution in [-0.2, 0) is 28.7 Å². The van der Waals surface area contributed by atoms with E-state index in [0.29, 0.717) is 23.7 Å². The van der Waals surface area contributed by atoms with E-state index in [0.717, 1.165) is 12.2 Å². The number of nitrogens with zero attached hydrogens (tertiary/aromatic N) is 2. The molecule has 2 aromatic heterocycles. The van der Waals surface area contributed by atoms with Gasteiger partial charge in [0, 0.05) is 48.1 Å². The smallest absolute Gasteiger partial charge is 0.417 e. The lowest BCUT2D eigenvalue weighted by molar-refractivity contribution is -0.159. The van der Waals surface area contributed by atoms with Crippen LogP contribution in [0, 0.1) is 0 Å². The number of aromatic nitrogens is 2. The van der Waals surface area contributed by atoms with Gasteiger partial charge in [-0.1, -0.05) is 0 Å². The molecule has 0 aliphatic rings. The van der Waals surface area contributed by atoms with Gasteiger partial charge < -0.3 is 9.47 Å². The van der Waals surface area contributed by atoms with E-state index in [4.69, 9.17) is 9.47 Å². The zero-order valence-electron chi connectivity index (χ0n) is 13.3. The molecule has 0 atom stereocenters. The van der Waals surface area contributed by atoms with Crippen molar-refractivity contribution in [2.45, 2.75) is 0 Å². The fraction of sp³-hybridized carbons (Fsp3) is 0. The lowest BCUT2D eigenvalue weighted by Crippen LogP contribution is -2.19. The lowest BCUT2D eigenvalue weighted by Gasteiger charge is -2.09. The molecule has 0 radical (unpaired) electrons.